The number of carbonyl (C=O) groups is 2. The maximum absolute atomic E-state index is 13.9. The predicted molar refractivity (Wildman–Crippen MR) is 123 cm³/mol. The largest absolute Gasteiger partial charge is 0.469 e. The summed E-state index contributed by atoms with van der Waals surface area (Å²) in [6.45, 7) is 0. The lowest BCUT2D eigenvalue weighted by atomic mass is 8.92. The van der Waals surface area contributed by atoms with Gasteiger partial charge < -0.3 is 14.8 Å². The molecule has 0 spiro atoms. The van der Waals surface area contributed by atoms with E-state index in [0.717, 1.165) is 5.70 Å². The fraction of sp³-hybridized carbons (Fsp3) is 0.440. The number of amidine groups is 1. The van der Waals surface area contributed by atoms with Crippen LogP contribution in [0.3, 0.4) is 0 Å². The summed E-state index contributed by atoms with van der Waals surface area (Å²) in [6.07, 6.45) is 1.70. The summed E-state index contributed by atoms with van der Waals surface area (Å²) < 4.78 is 24.3. The van der Waals surface area contributed by atoms with Gasteiger partial charge in [-0.05, 0) is 47.6 Å². The Labute approximate surface area is 208 Å². The summed E-state index contributed by atoms with van der Waals surface area (Å²) in [7, 11) is 2.82. The van der Waals surface area contributed by atoms with Crippen LogP contribution in [0.15, 0.2) is 46.0 Å². The van der Waals surface area contributed by atoms with Crippen molar-refractivity contribution in [1.29, 1.82) is 0 Å². The summed E-state index contributed by atoms with van der Waals surface area (Å²) in [5, 5.41) is 6.24. The molecule has 0 radical (unpaired) electrons. The molecule has 1 unspecified atom stereocenters. The molecule has 2 heterocycles. The number of carbonyl (C=O) groups excluding carboxylic acids is 2. The van der Waals surface area contributed by atoms with Crippen LogP contribution in [-0.4, -0.2) is 37.0 Å². The SMILES string of the molecule is COC(=O)C1=C(C23C4C5C2C2C3C4C52C(=O)OC)NC(c2nccs2)=NC1c1ccc(F)cc1Cl. The number of ether oxygens (including phenoxy) is 2. The van der Waals surface area contributed by atoms with Gasteiger partial charge >= 0.3 is 11.9 Å². The van der Waals surface area contributed by atoms with Crippen LogP contribution in [0.5, 0.6) is 0 Å². The van der Waals surface area contributed by atoms with Crippen molar-refractivity contribution in [2.45, 2.75) is 6.04 Å². The Hall–Kier alpha value is -2.78. The Bertz CT molecular complexity index is 1380. The predicted octanol–water partition coefficient (Wildman–Crippen LogP) is 3.36. The van der Waals surface area contributed by atoms with Crippen LogP contribution in [0.2, 0.25) is 5.02 Å². The average Bonchev–Trinajstić information content (AvgIpc) is 3.42. The van der Waals surface area contributed by atoms with E-state index in [9.17, 15) is 14.0 Å². The second-order valence-corrected chi connectivity index (χ2v) is 11.6. The Kier molecular flexibility index (Phi) is 3.57. The van der Waals surface area contributed by atoms with Crippen LogP contribution in [0.25, 0.3) is 0 Å². The number of nitrogens with zero attached hydrogens (tertiary/aromatic N) is 2. The van der Waals surface area contributed by atoms with E-state index in [1.807, 2.05) is 5.38 Å². The van der Waals surface area contributed by atoms with Crippen molar-refractivity contribution in [2.75, 3.05) is 14.2 Å². The second-order valence-electron chi connectivity index (χ2n) is 10.3. The van der Waals surface area contributed by atoms with Crippen molar-refractivity contribution in [3.05, 3.63) is 62.5 Å². The van der Waals surface area contributed by atoms with Crippen LogP contribution >= 0.6 is 22.9 Å². The number of hydrogen-bond acceptors (Lipinski definition) is 8. The molecule has 1 aromatic carbocycles. The minimum Gasteiger partial charge on any atom is -0.469 e. The monoisotopic (exact) mass is 511 g/mol. The standard InChI is InChI=1S/C25H19ClFN3O4S/c1-33-22(31)11-18(9-4-3-8(27)7-10(9)26)29-20(21-28-5-6-35-21)30-19(11)24-12-15-13(24)17-14(24)16(12)25(15,17)23(32)34-2/h3-7,12-18H,1-2H3,(H,29,30). The van der Waals surface area contributed by atoms with E-state index in [1.165, 1.54) is 37.7 Å². The van der Waals surface area contributed by atoms with E-state index in [2.05, 4.69) is 10.3 Å². The summed E-state index contributed by atoms with van der Waals surface area (Å²) >= 11 is 7.91. The van der Waals surface area contributed by atoms with Gasteiger partial charge in [0, 0.05) is 33.3 Å². The zero-order valence-electron chi connectivity index (χ0n) is 18.6. The van der Waals surface area contributed by atoms with E-state index in [-0.39, 0.29) is 21.8 Å². The molecule has 178 valence electrons. The van der Waals surface area contributed by atoms with Gasteiger partial charge in [-0.1, -0.05) is 17.7 Å². The Morgan fingerprint density at radius 3 is 2.40 bits per heavy atom. The number of hydrogen-bond donors (Lipinski definition) is 1. The van der Waals surface area contributed by atoms with Crippen LogP contribution < -0.4 is 5.32 Å². The summed E-state index contributed by atoms with van der Waals surface area (Å²) in [5.74, 6) is 1.50. The molecule has 10 heteroatoms. The van der Waals surface area contributed by atoms with Crippen LogP contribution in [0, 0.1) is 52.2 Å². The number of esters is 2. The zero-order valence-corrected chi connectivity index (χ0v) is 20.2. The minimum atomic E-state index is -0.763. The summed E-state index contributed by atoms with van der Waals surface area (Å²) in [6, 6.07) is 3.36. The number of allylic oxidation sites excluding steroid dienone is 1. The average molecular weight is 512 g/mol. The smallest absolute Gasteiger partial charge is 0.338 e. The lowest BCUT2D eigenvalue weighted by Crippen LogP contribution is -3.11. The third-order valence-corrected chi connectivity index (χ3v) is 11.1. The van der Waals surface area contributed by atoms with Gasteiger partial charge in [0.05, 0.1) is 25.2 Å². The molecule has 0 bridgehead atoms. The van der Waals surface area contributed by atoms with Gasteiger partial charge in [0.15, 0.2) is 10.8 Å². The molecule has 7 nitrogen and oxygen atoms in total. The highest BCUT2D eigenvalue weighted by Crippen LogP contribution is 3.11. The normalized spacial score (nSPS) is 42.2. The van der Waals surface area contributed by atoms with Crippen molar-refractivity contribution in [3.63, 3.8) is 0 Å². The number of rotatable bonds is 5. The summed E-state index contributed by atoms with van der Waals surface area (Å²) in [4.78, 5) is 35.2. The molecule has 1 aromatic heterocycles. The maximum atomic E-state index is 13.9. The lowest BCUT2D eigenvalue weighted by Gasteiger charge is -3.10. The van der Waals surface area contributed by atoms with Crippen molar-refractivity contribution in [3.8, 4) is 0 Å². The molecule has 1 N–H and O–H groups in total. The van der Waals surface area contributed by atoms with E-state index in [4.69, 9.17) is 26.1 Å². The lowest BCUT2D eigenvalue weighted by molar-refractivity contribution is -0.633. The topological polar surface area (TPSA) is 89.9 Å². The number of methoxy groups -OCH3 is 2. The van der Waals surface area contributed by atoms with E-state index >= 15 is 0 Å². The molecule has 6 saturated carbocycles. The zero-order chi connectivity index (χ0) is 24.0. The fourth-order valence-corrected chi connectivity index (χ4v) is 10.1. The quantitative estimate of drug-likeness (QED) is 0.619. The first-order valence-electron chi connectivity index (χ1n) is 11.5. The number of aliphatic imine (C=N–C) groups is 1. The van der Waals surface area contributed by atoms with Crippen molar-refractivity contribution < 1.29 is 23.5 Å². The van der Waals surface area contributed by atoms with Gasteiger partial charge in [0.25, 0.3) is 0 Å². The third-order valence-electron chi connectivity index (χ3n) is 9.94. The minimum absolute atomic E-state index is 0.0747. The van der Waals surface area contributed by atoms with Crippen molar-refractivity contribution in [2.24, 2.45) is 51.3 Å². The molecule has 1 aliphatic heterocycles. The second kappa shape index (κ2) is 6.13. The molecular weight excluding hydrogens is 493 g/mol. The Balaban J connectivity index is 1.28. The number of nitrogens with one attached hydrogen (secondary N) is 1. The van der Waals surface area contributed by atoms with E-state index in [1.54, 1.807) is 12.3 Å². The molecule has 2 aromatic rings. The number of thiazole rings is 1. The number of benzene rings is 1. The summed E-state index contributed by atoms with van der Waals surface area (Å²) in [5.41, 5.74) is 1.27. The molecular formula is C25H19ClFN3O4S. The first-order valence-corrected chi connectivity index (χ1v) is 12.8. The Morgan fingerprint density at radius 1 is 1.11 bits per heavy atom. The van der Waals surface area contributed by atoms with Gasteiger partial charge in [-0.15, -0.1) is 11.3 Å². The van der Waals surface area contributed by atoms with Crippen LogP contribution in [-0.2, 0) is 19.1 Å². The van der Waals surface area contributed by atoms with Crippen LogP contribution in [0.4, 0.5) is 4.39 Å². The van der Waals surface area contributed by atoms with E-state index in [0.29, 0.717) is 57.5 Å². The highest BCUT2D eigenvalue weighted by Gasteiger charge is 3.12. The third kappa shape index (κ3) is 1.81. The molecule has 7 aliphatic rings. The number of halogens is 2. The first kappa shape index (κ1) is 20.4. The van der Waals surface area contributed by atoms with Gasteiger partial charge in [-0.2, -0.15) is 0 Å². The number of aromatic nitrogens is 1. The van der Waals surface area contributed by atoms with Gasteiger partial charge in [0.1, 0.15) is 11.9 Å². The Morgan fingerprint density at radius 2 is 1.83 bits per heavy atom. The van der Waals surface area contributed by atoms with Crippen LogP contribution in [0.1, 0.15) is 16.6 Å². The van der Waals surface area contributed by atoms with Gasteiger partial charge in [-0.25, -0.2) is 14.2 Å². The van der Waals surface area contributed by atoms with Crippen molar-refractivity contribution >= 4 is 40.7 Å². The molecule has 6 fully saturated rings. The molecule has 6 aliphatic carbocycles. The van der Waals surface area contributed by atoms with Crippen molar-refractivity contribution in [1.82, 2.24) is 10.3 Å². The maximum Gasteiger partial charge on any atom is 0.338 e. The molecule has 35 heavy (non-hydrogen) atoms. The fourth-order valence-electron chi connectivity index (χ4n) is 9.22. The van der Waals surface area contributed by atoms with Gasteiger partial charge in [-0.3, -0.25) is 9.79 Å². The highest BCUT2D eigenvalue weighted by atomic mass is 35.5. The molecule has 1 atom stereocenters. The van der Waals surface area contributed by atoms with E-state index < -0.39 is 17.8 Å². The molecule has 9 rings (SSSR count). The first-order chi connectivity index (χ1) is 16.9. The highest BCUT2D eigenvalue weighted by molar-refractivity contribution is 7.11. The molecule has 0 saturated heterocycles. The molecule has 0 amide bonds. The van der Waals surface area contributed by atoms with Gasteiger partial charge in [0.2, 0.25) is 0 Å².